The lowest BCUT2D eigenvalue weighted by molar-refractivity contribution is -0.122. The quantitative estimate of drug-likeness (QED) is 0.736. The van der Waals surface area contributed by atoms with E-state index >= 15 is 0 Å². The average molecular weight is 216 g/mol. The lowest BCUT2D eigenvalue weighted by Gasteiger charge is -2.22. The highest BCUT2D eigenvalue weighted by Gasteiger charge is 2.16. The fourth-order valence-electron chi connectivity index (χ4n) is 1.51. The van der Waals surface area contributed by atoms with Crippen molar-refractivity contribution in [3.05, 3.63) is 0 Å². The van der Waals surface area contributed by atoms with Crippen molar-refractivity contribution in [1.29, 1.82) is 0 Å². The van der Waals surface area contributed by atoms with Crippen molar-refractivity contribution in [2.75, 3.05) is 18.1 Å². The van der Waals surface area contributed by atoms with Crippen LogP contribution in [0, 0.1) is 5.92 Å². The van der Waals surface area contributed by atoms with E-state index in [0.717, 1.165) is 6.54 Å². The van der Waals surface area contributed by atoms with Crippen molar-refractivity contribution in [2.45, 2.75) is 32.2 Å². The van der Waals surface area contributed by atoms with Gasteiger partial charge in [0.15, 0.2) is 0 Å². The van der Waals surface area contributed by atoms with Crippen LogP contribution in [-0.2, 0) is 4.79 Å². The van der Waals surface area contributed by atoms with Crippen LogP contribution in [0.5, 0.6) is 0 Å². The summed E-state index contributed by atoms with van der Waals surface area (Å²) in [6.07, 6.45) is 3.17. The van der Waals surface area contributed by atoms with Crippen LogP contribution in [0.2, 0.25) is 0 Å². The molecule has 0 bridgehead atoms. The molecule has 1 rings (SSSR count). The van der Waals surface area contributed by atoms with Gasteiger partial charge in [-0.05, 0) is 36.7 Å². The van der Waals surface area contributed by atoms with Gasteiger partial charge in [-0.3, -0.25) is 4.79 Å². The molecule has 82 valence electrons. The highest BCUT2D eigenvalue weighted by Crippen LogP contribution is 2.21. The molecule has 3 nitrogen and oxygen atoms in total. The Morgan fingerprint density at radius 1 is 1.57 bits per heavy atom. The molecule has 1 heterocycles. The maximum Gasteiger partial charge on any atom is 0.236 e. The Bertz CT molecular complexity index is 181. The molecule has 1 amide bonds. The monoisotopic (exact) mass is 216 g/mol. The first-order chi connectivity index (χ1) is 6.74. The summed E-state index contributed by atoms with van der Waals surface area (Å²) in [6, 6.07) is -0.326. The molecule has 1 saturated heterocycles. The fourth-order valence-corrected chi connectivity index (χ4v) is 2.72. The predicted octanol–water partition coefficient (Wildman–Crippen LogP) is 0.983. The van der Waals surface area contributed by atoms with Crippen molar-refractivity contribution in [3.63, 3.8) is 0 Å². The zero-order valence-electron chi connectivity index (χ0n) is 8.79. The Morgan fingerprint density at radius 2 is 2.21 bits per heavy atom. The minimum absolute atomic E-state index is 0.00530. The maximum atomic E-state index is 11.4. The van der Waals surface area contributed by atoms with Gasteiger partial charge in [0.05, 0.1) is 6.04 Å². The van der Waals surface area contributed by atoms with Crippen LogP contribution in [0.3, 0.4) is 0 Å². The van der Waals surface area contributed by atoms with E-state index in [2.05, 4.69) is 5.32 Å². The predicted molar refractivity (Wildman–Crippen MR) is 61.3 cm³/mol. The number of amides is 1. The molecule has 3 N–H and O–H groups in total. The SMILES string of the molecule is CCC(N)C(=O)NCC1CCSCC1. The number of rotatable bonds is 4. The number of thioether (sulfide) groups is 1. The largest absolute Gasteiger partial charge is 0.354 e. The average Bonchev–Trinajstić information content (AvgIpc) is 2.26. The third-order valence-electron chi connectivity index (χ3n) is 2.68. The molecule has 0 aromatic rings. The summed E-state index contributed by atoms with van der Waals surface area (Å²) in [5, 5.41) is 2.93. The van der Waals surface area contributed by atoms with Crippen LogP contribution in [0.15, 0.2) is 0 Å². The van der Waals surface area contributed by atoms with E-state index in [1.807, 2.05) is 18.7 Å². The summed E-state index contributed by atoms with van der Waals surface area (Å²) in [5.74, 6) is 3.15. The molecule has 0 saturated carbocycles. The van der Waals surface area contributed by atoms with Gasteiger partial charge in [-0.25, -0.2) is 0 Å². The van der Waals surface area contributed by atoms with Crippen molar-refractivity contribution in [2.24, 2.45) is 11.7 Å². The lowest BCUT2D eigenvalue weighted by Crippen LogP contribution is -2.42. The molecule has 1 aliphatic rings. The molecule has 0 aromatic heterocycles. The van der Waals surface area contributed by atoms with E-state index in [0.29, 0.717) is 12.3 Å². The standard InChI is InChI=1S/C10H20N2OS/c1-2-9(11)10(13)12-7-8-3-5-14-6-4-8/h8-9H,2-7,11H2,1H3,(H,12,13). The normalized spacial score (nSPS) is 20.4. The van der Waals surface area contributed by atoms with Gasteiger partial charge in [-0.2, -0.15) is 11.8 Å². The number of carbonyl (C=O) groups excluding carboxylic acids is 1. The highest BCUT2D eigenvalue weighted by molar-refractivity contribution is 7.99. The summed E-state index contributed by atoms with van der Waals surface area (Å²) in [5.41, 5.74) is 5.62. The lowest BCUT2D eigenvalue weighted by atomic mass is 10.0. The Balaban J connectivity index is 2.15. The Kier molecular flexibility index (Phi) is 5.33. The molecule has 0 aromatic carbocycles. The number of carbonyl (C=O) groups is 1. The number of hydrogen-bond donors (Lipinski definition) is 2. The van der Waals surface area contributed by atoms with E-state index < -0.39 is 0 Å². The highest BCUT2D eigenvalue weighted by atomic mass is 32.2. The van der Waals surface area contributed by atoms with Gasteiger partial charge in [0, 0.05) is 6.54 Å². The molecule has 1 unspecified atom stereocenters. The van der Waals surface area contributed by atoms with Crippen LogP contribution < -0.4 is 11.1 Å². The van der Waals surface area contributed by atoms with Crippen LogP contribution in [0.4, 0.5) is 0 Å². The van der Waals surface area contributed by atoms with Crippen molar-refractivity contribution < 1.29 is 4.79 Å². The molecule has 0 radical (unpaired) electrons. The van der Waals surface area contributed by atoms with Gasteiger partial charge in [0.1, 0.15) is 0 Å². The molecule has 4 heteroatoms. The van der Waals surface area contributed by atoms with Crippen molar-refractivity contribution in [3.8, 4) is 0 Å². The topological polar surface area (TPSA) is 55.1 Å². The molecular formula is C10H20N2OS. The second kappa shape index (κ2) is 6.30. The zero-order valence-corrected chi connectivity index (χ0v) is 9.61. The summed E-state index contributed by atoms with van der Waals surface area (Å²) in [4.78, 5) is 11.4. The third-order valence-corrected chi connectivity index (χ3v) is 3.73. The second-order valence-corrected chi connectivity index (χ2v) is 5.04. The van der Waals surface area contributed by atoms with Crippen molar-refractivity contribution >= 4 is 17.7 Å². The van der Waals surface area contributed by atoms with Gasteiger partial charge in [0.2, 0.25) is 5.91 Å². The summed E-state index contributed by atoms with van der Waals surface area (Å²) < 4.78 is 0. The van der Waals surface area contributed by atoms with Crippen LogP contribution in [-0.4, -0.2) is 30.0 Å². The molecule has 14 heavy (non-hydrogen) atoms. The van der Waals surface area contributed by atoms with E-state index in [1.54, 1.807) is 0 Å². The van der Waals surface area contributed by atoms with E-state index in [9.17, 15) is 4.79 Å². The Labute approximate surface area is 90.2 Å². The zero-order chi connectivity index (χ0) is 10.4. The molecule has 1 aliphatic heterocycles. The molecule has 0 spiro atoms. The fraction of sp³-hybridized carbons (Fsp3) is 0.900. The first-order valence-electron chi connectivity index (χ1n) is 5.35. The molecular weight excluding hydrogens is 196 g/mol. The summed E-state index contributed by atoms with van der Waals surface area (Å²) in [7, 11) is 0. The number of nitrogens with one attached hydrogen (secondary N) is 1. The minimum Gasteiger partial charge on any atom is -0.354 e. The van der Waals surface area contributed by atoms with Gasteiger partial charge in [0.25, 0.3) is 0 Å². The molecule has 0 aliphatic carbocycles. The van der Waals surface area contributed by atoms with Gasteiger partial charge < -0.3 is 11.1 Å². The van der Waals surface area contributed by atoms with Gasteiger partial charge >= 0.3 is 0 Å². The smallest absolute Gasteiger partial charge is 0.236 e. The third kappa shape index (κ3) is 3.88. The molecule has 1 fully saturated rings. The van der Waals surface area contributed by atoms with Gasteiger partial charge in [-0.15, -0.1) is 0 Å². The summed E-state index contributed by atoms with van der Waals surface area (Å²) >= 11 is 2.01. The first kappa shape index (κ1) is 11.9. The maximum absolute atomic E-state index is 11.4. The number of hydrogen-bond acceptors (Lipinski definition) is 3. The Morgan fingerprint density at radius 3 is 2.79 bits per heavy atom. The van der Waals surface area contributed by atoms with E-state index in [-0.39, 0.29) is 11.9 Å². The van der Waals surface area contributed by atoms with Gasteiger partial charge in [-0.1, -0.05) is 6.92 Å². The Hall–Kier alpha value is -0.220. The molecule has 1 atom stereocenters. The van der Waals surface area contributed by atoms with Crippen LogP contribution in [0.25, 0.3) is 0 Å². The number of nitrogens with two attached hydrogens (primary N) is 1. The van der Waals surface area contributed by atoms with E-state index in [1.165, 1.54) is 24.3 Å². The second-order valence-electron chi connectivity index (χ2n) is 3.82. The summed E-state index contributed by atoms with van der Waals surface area (Å²) in [6.45, 7) is 2.74. The van der Waals surface area contributed by atoms with Crippen LogP contribution >= 0.6 is 11.8 Å². The van der Waals surface area contributed by atoms with E-state index in [4.69, 9.17) is 5.73 Å². The first-order valence-corrected chi connectivity index (χ1v) is 6.50. The van der Waals surface area contributed by atoms with Crippen LogP contribution in [0.1, 0.15) is 26.2 Å². The van der Waals surface area contributed by atoms with Crippen molar-refractivity contribution in [1.82, 2.24) is 5.32 Å². The minimum atomic E-state index is -0.326.